The molecule has 0 radical (unpaired) electrons. The summed E-state index contributed by atoms with van der Waals surface area (Å²) >= 11 is 1.50. The van der Waals surface area contributed by atoms with Gasteiger partial charge < -0.3 is 10.1 Å². The third-order valence-electron chi connectivity index (χ3n) is 4.12. The molecule has 0 heterocycles. The summed E-state index contributed by atoms with van der Waals surface area (Å²) in [7, 11) is -2.25. The second-order valence-corrected chi connectivity index (χ2v) is 9.06. The summed E-state index contributed by atoms with van der Waals surface area (Å²) in [4.78, 5) is 12.3. The van der Waals surface area contributed by atoms with Gasteiger partial charge in [0.2, 0.25) is 5.91 Å². The molecule has 0 atom stereocenters. The Morgan fingerprint density at radius 1 is 0.933 bits per heavy atom. The molecule has 8 heteroatoms. The second-order valence-electron chi connectivity index (χ2n) is 6.39. The van der Waals surface area contributed by atoms with Crippen LogP contribution in [0, 0.1) is 0 Å². The van der Waals surface area contributed by atoms with Crippen LogP contribution in [-0.2, 0) is 20.6 Å². The van der Waals surface area contributed by atoms with E-state index < -0.39 is 10.0 Å². The van der Waals surface area contributed by atoms with Crippen LogP contribution in [0.3, 0.4) is 0 Å². The Morgan fingerprint density at radius 3 is 2.37 bits per heavy atom. The second kappa shape index (κ2) is 10.2. The molecular weight excluding hydrogens is 420 g/mol. The maximum absolute atomic E-state index is 12.7. The van der Waals surface area contributed by atoms with Crippen LogP contribution in [0.4, 0.5) is 11.4 Å². The van der Waals surface area contributed by atoms with Crippen LogP contribution in [0.5, 0.6) is 5.75 Å². The molecule has 2 N–H and O–H groups in total. The van der Waals surface area contributed by atoms with E-state index in [2.05, 4.69) is 10.0 Å². The van der Waals surface area contributed by atoms with Crippen molar-refractivity contribution < 1.29 is 17.9 Å². The average molecular weight is 443 g/mol. The number of hydrogen-bond donors (Lipinski definition) is 2. The predicted molar refractivity (Wildman–Crippen MR) is 121 cm³/mol. The van der Waals surface area contributed by atoms with E-state index >= 15 is 0 Å². The molecule has 3 aromatic carbocycles. The van der Waals surface area contributed by atoms with E-state index in [1.807, 2.05) is 30.3 Å². The van der Waals surface area contributed by atoms with Gasteiger partial charge in [-0.15, -0.1) is 11.8 Å². The number of carbonyl (C=O) groups excluding carboxylic acids is 1. The first-order chi connectivity index (χ1) is 14.5. The maximum atomic E-state index is 12.7. The quantitative estimate of drug-likeness (QED) is 0.514. The monoisotopic (exact) mass is 442 g/mol. The zero-order valence-corrected chi connectivity index (χ0v) is 18.0. The number of nitrogens with one attached hydrogen (secondary N) is 2. The molecule has 30 heavy (non-hydrogen) atoms. The van der Waals surface area contributed by atoms with Crippen molar-refractivity contribution >= 4 is 39.1 Å². The number of sulfonamides is 1. The standard InChI is InChI=1S/C22H22N2O4S2/c1-28-20-12-10-18(11-13-20)24-30(26,27)21-9-5-8-19(14-21)23-22(25)16-29-15-17-6-3-2-4-7-17/h2-14,24H,15-16H2,1H3,(H,23,25). The highest BCUT2D eigenvalue weighted by molar-refractivity contribution is 7.99. The maximum Gasteiger partial charge on any atom is 0.261 e. The third-order valence-corrected chi connectivity index (χ3v) is 6.50. The highest BCUT2D eigenvalue weighted by Gasteiger charge is 2.15. The Balaban J connectivity index is 1.59. The van der Waals surface area contributed by atoms with Gasteiger partial charge in [0, 0.05) is 17.1 Å². The third kappa shape index (κ3) is 6.27. The van der Waals surface area contributed by atoms with Crippen LogP contribution in [0.25, 0.3) is 0 Å². The fourth-order valence-electron chi connectivity index (χ4n) is 2.65. The van der Waals surface area contributed by atoms with Gasteiger partial charge in [-0.1, -0.05) is 36.4 Å². The van der Waals surface area contributed by atoms with Gasteiger partial charge >= 0.3 is 0 Å². The molecule has 0 fully saturated rings. The van der Waals surface area contributed by atoms with E-state index in [1.165, 1.54) is 23.9 Å². The highest BCUT2D eigenvalue weighted by Crippen LogP contribution is 2.21. The summed E-state index contributed by atoms with van der Waals surface area (Å²) in [6, 6.07) is 22.6. The fourth-order valence-corrected chi connectivity index (χ4v) is 4.54. The smallest absolute Gasteiger partial charge is 0.261 e. The molecule has 0 saturated carbocycles. The SMILES string of the molecule is COc1ccc(NS(=O)(=O)c2cccc(NC(=O)CSCc3ccccc3)c2)cc1. The van der Waals surface area contributed by atoms with Gasteiger partial charge in [-0.2, -0.15) is 0 Å². The van der Waals surface area contributed by atoms with Crippen LogP contribution in [0.2, 0.25) is 0 Å². The molecular formula is C22H22N2O4S2. The number of methoxy groups -OCH3 is 1. The molecule has 0 aliphatic carbocycles. The molecule has 6 nitrogen and oxygen atoms in total. The Morgan fingerprint density at radius 2 is 1.67 bits per heavy atom. The van der Waals surface area contributed by atoms with E-state index in [0.717, 1.165) is 11.3 Å². The lowest BCUT2D eigenvalue weighted by Crippen LogP contribution is -2.16. The summed E-state index contributed by atoms with van der Waals surface area (Å²) in [5.41, 5.74) is 1.99. The largest absolute Gasteiger partial charge is 0.497 e. The topological polar surface area (TPSA) is 84.5 Å². The fraction of sp³-hybridized carbons (Fsp3) is 0.136. The van der Waals surface area contributed by atoms with E-state index in [4.69, 9.17) is 4.74 Å². The van der Waals surface area contributed by atoms with Gasteiger partial charge in [0.05, 0.1) is 17.8 Å². The van der Waals surface area contributed by atoms with Crippen molar-refractivity contribution in [2.45, 2.75) is 10.6 Å². The highest BCUT2D eigenvalue weighted by atomic mass is 32.2. The lowest BCUT2D eigenvalue weighted by Gasteiger charge is -2.11. The first-order valence-corrected chi connectivity index (χ1v) is 11.8. The van der Waals surface area contributed by atoms with Crippen molar-refractivity contribution in [1.82, 2.24) is 0 Å². The Bertz CT molecular complexity index is 1090. The Hall–Kier alpha value is -2.97. The van der Waals surface area contributed by atoms with Gasteiger partial charge in [-0.3, -0.25) is 9.52 Å². The minimum Gasteiger partial charge on any atom is -0.497 e. The van der Waals surface area contributed by atoms with Crippen molar-refractivity contribution in [3.8, 4) is 5.75 Å². The van der Waals surface area contributed by atoms with Gasteiger partial charge in [-0.25, -0.2) is 8.42 Å². The predicted octanol–water partition coefficient (Wildman–Crippen LogP) is 4.37. The molecule has 0 saturated heterocycles. The number of amides is 1. The number of thioether (sulfide) groups is 1. The Kier molecular flexibility index (Phi) is 7.37. The van der Waals surface area contributed by atoms with Gasteiger partial charge in [0.1, 0.15) is 5.75 Å². The number of benzene rings is 3. The molecule has 0 aromatic heterocycles. The lowest BCUT2D eigenvalue weighted by molar-refractivity contribution is -0.113. The van der Waals surface area contributed by atoms with Crippen LogP contribution < -0.4 is 14.8 Å². The van der Waals surface area contributed by atoms with Crippen LogP contribution in [0.1, 0.15) is 5.56 Å². The molecule has 3 rings (SSSR count). The van der Waals surface area contributed by atoms with Crippen LogP contribution >= 0.6 is 11.8 Å². The number of anilines is 2. The molecule has 156 valence electrons. The zero-order valence-electron chi connectivity index (χ0n) is 16.4. The average Bonchev–Trinajstić information content (AvgIpc) is 2.75. The van der Waals surface area contributed by atoms with E-state index in [0.29, 0.717) is 17.1 Å². The lowest BCUT2D eigenvalue weighted by atomic mass is 10.2. The van der Waals surface area contributed by atoms with E-state index in [9.17, 15) is 13.2 Å². The van der Waals surface area contributed by atoms with Crippen molar-refractivity contribution in [1.29, 1.82) is 0 Å². The van der Waals surface area contributed by atoms with Crippen molar-refractivity contribution in [3.63, 3.8) is 0 Å². The molecule has 0 spiro atoms. The van der Waals surface area contributed by atoms with E-state index in [1.54, 1.807) is 43.5 Å². The minimum absolute atomic E-state index is 0.0630. The van der Waals surface area contributed by atoms with E-state index in [-0.39, 0.29) is 16.6 Å². The molecule has 3 aromatic rings. The van der Waals surface area contributed by atoms with Crippen molar-refractivity contribution in [3.05, 3.63) is 84.4 Å². The summed E-state index contributed by atoms with van der Waals surface area (Å²) in [5.74, 6) is 1.45. The zero-order chi connectivity index (χ0) is 21.4. The van der Waals surface area contributed by atoms with Gasteiger partial charge in [0.15, 0.2) is 0 Å². The Labute approximate surface area is 180 Å². The normalized spacial score (nSPS) is 11.0. The van der Waals surface area contributed by atoms with Crippen molar-refractivity contribution in [2.24, 2.45) is 0 Å². The van der Waals surface area contributed by atoms with Crippen LogP contribution in [-0.4, -0.2) is 27.2 Å². The molecule has 0 bridgehead atoms. The number of ether oxygens (including phenoxy) is 1. The number of hydrogen-bond acceptors (Lipinski definition) is 5. The summed E-state index contributed by atoms with van der Waals surface area (Å²) in [6.45, 7) is 0. The molecule has 1 amide bonds. The van der Waals surface area contributed by atoms with Crippen LogP contribution in [0.15, 0.2) is 83.8 Å². The first-order valence-electron chi connectivity index (χ1n) is 9.15. The molecule has 0 unspecified atom stereocenters. The number of rotatable bonds is 9. The summed E-state index contributed by atoms with van der Waals surface area (Å²) < 4.78 is 32.9. The summed E-state index contributed by atoms with van der Waals surface area (Å²) in [5, 5.41) is 2.75. The van der Waals surface area contributed by atoms with Gasteiger partial charge in [0.25, 0.3) is 10.0 Å². The van der Waals surface area contributed by atoms with Crippen molar-refractivity contribution in [2.75, 3.05) is 22.9 Å². The first kappa shape index (κ1) is 21.7. The summed E-state index contributed by atoms with van der Waals surface area (Å²) in [6.07, 6.45) is 0. The molecule has 0 aliphatic heterocycles. The molecule has 0 aliphatic rings. The van der Waals surface area contributed by atoms with Gasteiger partial charge in [-0.05, 0) is 48.0 Å². The minimum atomic E-state index is -3.79. The number of carbonyl (C=O) groups is 1.